The monoisotopic (exact) mass is 406 g/mol. The van der Waals surface area contributed by atoms with E-state index in [9.17, 15) is 4.79 Å². The van der Waals surface area contributed by atoms with Gasteiger partial charge in [0, 0.05) is 49.6 Å². The SMILES string of the molecule is Cc1c(-c2ccc(OC3CCN(C(N)=O)C(CC(C)C)C3)cc2)ccn2ccnc12. The van der Waals surface area contributed by atoms with Crippen molar-refractivity contribution in [1.82, 2.24) is 14.3 Å². The molecule has 4 rings (SSSR count). The molecule has 2 amide bonds. The van der Waals surface area contributed by atoms with Gasteiger partial charge in [-0.1, -0.05) is 26.0 Å². The molecule has 1 aromatic carbocycles. The number of aryl methyl sites for hydroxylation is 1. The minimum Gasteiger partial charge on any atom is -0.490 e. The number of nitrogens with two attached hydrogens (primary N) is 1. The summed E-state index contributed by atoms with van der Waals surface area (Å²) >= 11 is 0. The van der Waals surface area contributed by atoms with Crippen LogP contribution in [0.1, 0.15) is 38.7 Å². The van der Waals surface area contributed by atoms with E-state index in [0.29, 0.717) is 12.5 Å². The van der Waals surface area contributed by atoms with Gasteiger partial charge >= 0.3 is 6.03 Å². The van der Waals surface area contributed by atoms with E-state index in [0.717, 1.165) is 41.8 Å². The van der Waals surface area contributed by atoms with Crippen LogP contribution in [-0.2, 0) is 0 Å². The van der Waals surface area contributed by atoms with Gasteiger partial charge in [0.25, 0.3) is 0 Å². The Morgan fingerprint density at radius 2 is 2.00 bits per heavy atom. The highest BCUT2D eigenvalue weighted by molar-refractivity contribution is 5.73. The van der Waals surface area contributed by atoms with Crippen molar-refractivity contribution < 1.29 is 9.53 Å². The van der Waals surface area contributed by atoms with Crippen molar-refractivity contribution in [3.05, 3.63) is 54.5 Å². The summed E-state index contributed by atoms with van der Waals surface area (Å²) in [5.41, 5.74) is 10.0. The summed E-state index contributed by atoms with van der Waals surface area (Å²) in [4.78, 5) is 18.0. The number of benzene rings is 1. The standard InChI is InChI=1S/C24H30N4O2/c1-16(2)14-19-15-21(8-12-28(19)24(25)29)30-20-6-4-18(5-7-20)22-9-11-27-13-10-26-23(27)17(22)3/h4-7,9-11,13,16,19,21H,8,12,14-15H2,1-3H3,(H2,25,29). The average molecular weight is 407 g/mol. The lowest BCUT2D eigenvalue weighted by Crippen LogP contribution is -2.51. The molecule has 2 aromatic heterocycles. The van der Waals surface area contributed by atoms with E-state index in [4.69, 9.17) is 10.5 Å². The zero-order valence-electron chi connectivity index (χ0n) is 17.9. The zero-order valence-corrected chi connectivity index (χ0v) is 17.9. The number of hydrogen-bond donors (Lipinski definition) is 1. The molecule has 6 heteroatoms. The second-order valence-electron chi connectivity index (χ2n) is 8.62. The highest BCUT2D eigenvalue weighted by Crippen LogP contribution is 2.30. The molecule has 0 bridgehead atoms. The Morgan fingerprint density at radius 1 is 1.23 bits per heavy atom. The smallest absolute Gasteiger partial charge is 0.315 e. The van der Waals surface area contributed by atoms with Crippen molar-refractivity contribution in [3.63, 3.8) is 0 Å². The second-order valence-corrected chi connectivity index (χ2v) is 8.62. The summed E-state index contributed by atoms with van der Waals surface area (Å²) in [5.74, 6) is 1.37. The van der Waals surface area contributed by atoms with Crippen LogP contribution in [0.4, 0.5) is 4.79 Å². The van der Waals surface area contributed by atoms with Gasteiger partial charge in [-0.15, -0.1) is 0 Å². The molecule has 6 nitrogen and oxygen atoms in total. The summed E-state index contributed by atoms with van der Waals surface area (Å²) < 4.78 is 8.31. The van der Waals surface area contributed by atoms with Gasteiger partial charge in [0.1, 0.15) is 17.5 Å². The first-order valence-corrected chi connectivity index (χ1v) is 10.7. The number of rotatable bonds is 5. The number of aromatic nitrogens is 2. The number of fused-ring (bicyclic) bond motifs is 1. The summed E-state index contributed by atoms with van der Waals surface area (Å²) in [6.45, 7) is 7.10. The van der Waals surface area contributed by atoms with Crippen molar-refractivity contribution in [2.45, 2.75) is 52.2 Å². The number of piperidine rings is 1. The molecule has 1 aliphatic heterocycles. The van der Waals surface area contributed by atoms with Crippen LogP contribution in [0.5, 0.6) is 5.75 Å². The molecular weight excluding hydrogens is 376 g/mol. The maximum atomic E-state index is 11.8. The number of likely N-dealkylation sites (tertiary alicyclic amines) is 1. The van der Waals surface area contributed by atoms with E-state index < -0.39 is 0 Å². The third kappa shape index (κ3) is 4.13. The van der Waals surface area contributed by atoms with E-state index >= 15 is 0 Å². The third-order valence-electron chi connectivity index (χ3n) is 5.97. The Balaban J connectivity index is 1.46. The number of amides is 2. The molecule has 30 heavy (non-hydrogen) atoms. The van der Waals surface area contributed by atoms with Gasteiger partial charge in [-0.3, -0.25) is 0 Å². The molecule has 0 aliphatic carbocycles. The molecule has 2 N–H and O–H groups in total. The molecule has 0 saturated carbocycles. The fraction of sp³-hybridized carbons (Fsp3) is 0.417. The fourth-order valence-corrected chi connectivity index (χ4v) is 4.52. The normalized spacial score (nSPS) is 19.4. The first kappa shape index (κ1) is 20.3. The van der Waals surface area contributed by atoms with E-state index in [-0.39, 0.29) is 18.2 Å². The number of carbonyl (C=O) groups excluding carboxylic acids is 1. The Hall–Kier alpha value is -3.02. The molecular formula is C24H30N4O2. The Kier molecular flexibility index (Phi) is 5.66. The highest BCUT2D eigenvalue weighted by Gasteiger charge is 2.32. The van der Waals surface area contributed by atoms with E-state index in [1.54, 1.807) is 4.90 Å². The molecule has 2 unspecified atom stereocenters. The van der Waals surface area contributed by atoms with Crippen LogP contribution in [-0.4, -0.2) is 39.0 Å². The van der Waals surface area contributed by atoms with Gasteiger partial charge in [0.15, 0.2) is 0 Å². The number of nitrogens with zero attached hydrogens (tertiary/aromatic N) is 3. The lowest BCUT2D eigenvalue weighted by atomic mass is 9.92. The first-order chi connectivity index (χ1) is 14.4. The third-order valence-corrected chi connectivity index (χ3v) is 5.97. The largest absolute Gasteiger partial charge is 0.490 e. The highest BCUT2D eigenvalue weighted by atomic mass is 16.5. The quantitative estimate of drug-likeness (QED) is 0.670. The lowest BCUT2D eigenvalue weighted by molar-refractivity contribution is 0.0685. The summed E-state index contributed by atoms with van der Waals surface area (Å²) in [5, 5.41) is 0. The fourth-order valence-electron chi connectivity index (χ4n) is 4.52. The number of primary amides is 1. The summed E-state index contributed by atoms with van der Waals surface area (Å²) in [7, 11) is 0. The average Bonchev–Trinajstić information content (AvgIpc) is 3.18. The topological polar surface area (TPSA) is 72.9 Å². The number of urea groups is 1. The van der Waals surface area contributed by atoms with Gasteiger partial charge < -0.3 is 19.8 Å². The van der Waals surface area contributed by atoms with Gasteiger partial charge in [-0.2, -0.15) is 0 Å². The van der Waals surface area contributed by atoms with E-state index in [1.807, 2.05) is 35.1 Å². The maximum Gasteiger partial charge on any atom is 0.315 e. The molecule has 3 aromatic rings. The van der Waals surface area contributed by atoms with Gasteiger partial charge in [-0.25, -0.2) is 9.78 Å². The predicted octanol–water partition coefficient (Wildman–Crippen LogP) is 4.65. The number of ether oxygens (including phenoxy) is 1. The van der Waals surface area contributed by atoms with Crippen LogP contribution in [0.3, 0.4) is 0 Å². The van der Waals surface area contributed by atoms with Crippen molar-refractivity contribution in [2.75, 3.05) is 6.54 Å². The lowest BCUT2D eigenvalue weighted by Gasteiger charge is -2.39. The number of imidazole rings is 1. The van der Waals surface area contributed by atoms with Crippen LogP contribution >= 0.6 is 0 Å². The predicted molar refractivity (Wildman–Crippen MR) is 119 cm³/mol. The van der Waals surface area contributed by atoms with Crippen molar-refractivity contribution in [1.29, 1.82) is 0 Å². The molecule has 2 atom stereocenters. The summed E-state index contributed by atoms with van der Waals surface area (Å²) in [6, 6.07) is 10.2. The number of carbonyl (C=O) groups is 1. The van der Waals surface area contributed by atoms with Gasteiger partial charge in [0.05, 0.1) is 0 Å². The van der Waals surface area contributed by atoms with E-state index in [2.05, 4.69) is 44.0 Å². The van der Waals surface area contributed by atoms with E-state index in [1.165, 1.54) is 5.56 Å². The van der Waals surface area contributed by atoms with Gasteiger partial charge in [0.2, 0.25) is 0 Å². The minimum atomic E-state index is -0.326. The molecule has 0 spiro atoms. The van der Waals surface area contributed by atoms with Gasteiger partial charge in [-0.05, 0) is 48.6 Å². The number of pyridine rings is 1. The Bertz CT molecular complexity index is 1030. The van der Waals surface area contributed by atoms with Crippen molar-refractivity contribution in [3.8, 4) is 16.9 Å². The second kappa shape index (κ2) is 8.38. The Labute approximate surface area is 177 Å². The maximum absolute atomic E-state index is 11.8. The molecule has 1 saturated heterocycles. The van der Waals surface area contributed by atoms with Crippen LogP contribution in [0.15, 0.2) is 48.9 Å². The van der Waals surface area contributed by atoms with Crippen LogP contribution in [0.25, 0.3) is 16.8 Å². The summed E-state index contributed by atoms with van der Waals surface area (Å²) in [6.07, 6.45) is 8.47. The molecule has 1 fully saturated rings. The Morgan fingerprint density at radius 3 is 2.70 bits per heavy atom. The van der Waals surface area contributed by atoms with Crippen LogP contribution < -0.4 is 10.5 Å². The van der Waals surface area contributed by atoms with Crippen LogP contribution in [0.2, 0.25) is 0 Å². The molecule has 158 valence electrons. The molecule has 0 radical (unpaired) electrons. The molecule has 1 aliphatic rings. The minimum absolute atomic E-state index is 0.0956. The molecule has 3 heterocycles. The van der Waals surface area contributed by atoms with Crippen molar-refractivity contribution in [2.24, 2.45) is 11.7 Å². The number of hydrogen-bond acceptors (Lipinski definition) is 3. The van der Waals surface area contributed by atoms with Crippen molar-refractivity contribution >= 4 is 11.7 Å². The van der Waals surface area contributed by atoms with Crippen LogP contribution in [0, 0.1) is 12.8 Å². The zero-order chi connectivity index (χ0) is 21.3. The first-order valence-electron chi connectivity index (χ1n) is 10.7.